The average Bonchev–Trinajstić information content (AvgIpc) is 3.55. The molecule has 0 spiro atoms. The number of ether oxygens (including phenoxy) is 1. The molecule has 0 atom stereocenters. The number of anilines is 1. The zero-order valence-electron chi connectivity index (χ0n) is 23.3. The van der Waals surface area contributed by atoms with Crippen molar-refractivity contribution in [2.75, 3.05) is 58.7 Å². The van der Waals surface area contributed by atoms with E-state index < -0.39 is 36.1 Å². The molecule has 1 aromatic carbocycles. The van der Waals surface area contributed by atoms with E-state index in [4.69, 9.17) is 29.1 Å². The second kappa shape index (κ2) is 14.6. The lowest BCUT2D eigenvalue weighted by atomic mass is 10.0. The van der Waals surface area contributed by atoms with Crippen molar-refractivity contribution in [1.29, 1.82) is 0 Å². The standard InChI is InChI=1S/C21H27FN4O4.2C2HF3O2/c1-25-7-9-26(10-8-25)13-21(5-6-21)12-23-19-17(20(27)28)18(30-24-19)14-3-4-15(22)16(11-14)29-2;2*3-2(4,5)1(6)7/h3-4,11H,5-10,12-13H2,1-2H3,(H,23,24)(H,27,28);2*(H,6,7). The molecule has 12 nitrogen and oxygen atoms in total. The number of piperazine rings is 1. The molecular formula is C25H29F7N4O8. The van der Waals surface area contributed by atoms with Crippen LogP contribution in [0.3, 0.4) is 0 Å². The molecule has 1 aliphatic carbocycles. The van der Waals surface area contributed by atoms with Crippen LogP contribution < -0.4 is 10.1 Å². The van der Waals surface area contributed by atoms with E-state index in [2.05, 4.69) is 27.3 Å². The lowest BCUT2D eigenvalue weighted by Crippen LogP contribution is -2.47. The first-order valence-electron chi connectivity index (χ1n) is 12.6. The van der Waals surface area contributed by atoms with Gasteiger partial charge in [0.15, 0.2) is 28.7 Å². The summed E-state index contributed by atoms with van der Waals surface area (Å²) in [5.41, 5.74) is 0.480. The number of benzene rings is 1. The molecule has 4 rings (SSSR count). The van der Waals surface area contributed by atoms with Crippen LogP contribution in [0.25, 0.3) is 11.3 Å². The highest BCUT2D eigenvalue weighted by molar-refractivity contribution is 5.99. The van der Waals surface area contributed by atoms with E-state index in [9.17, 15) is 40.6 Å². The van der Waals surface area contributed by atoms with E-state index >= 15 is 0 Å². The van der Waals surface area contributed by atoms with Gasteiger partial charge in [0.25, 0.3) is 0 Å². The Bertz CT molecular complexity index is 1280. The first-order valence-corrected chi connectivity index (χ1v) is 12.6. The number of aromatic nitrogens is 1. The SMILES string of the molecule is COc1cc(-c2onc(NCC3(CN4CCN(C)CC4)CC3)c2C(=O)O)ccc1F.O=C(O)C(F)(F)F.O=C(O)C(F)(F)F. The number of aliphatic carboxylic acids is 2. The van der Waals surface area contributed by atoms with Gasteiger partial charge in [-0.15, -0.1) is 0 Å². The van der Waals surface area contributed by atoms with Gasteiger partial charge in [-0.1, -0.05) is 5.16 Å². The van der Waals surface area contributed by atoms with Crippen molar-refractivity contribution in [3.63, 3.8) is 0 Å². The Labute approximate surface area is 245 Å². The van der Waals surface area contributed by atoms with Gasteiger partial charge in [-0.2, -0.15) is 26.3 Å². The van der Waals surface area contributed by atoms with Crippen molar-refractivity contribution < 1.29 is 69.7 Å². The number of rotatable bonds is 8. The maximum Gasteiger partial charge on any atom is 0.490 e. The Kier molecular flexibility index (Phi) is 11.9. The minimum atomic E-state index is -5.08. The Morgan fingerprint density at radius 1 is 1.00 bits per heavy atom. The highest BCUT2D eigenvalue weighted by Crippen LogP contribution is 2.46. The molecule has 2 aromatic rings. The van der Waals surface area contributed by atoms with Crippen LogP contribution >= 0.6 is 0 Å². The summed E-state index contributed by atoms with van der Waals surface area (Å²) in [6.45, 7) is 5.88. The molecule has 44 heavy (non-hydrogen) atoms. The molecule has 246 valence electrons. The van der Waals surface area contributed by atoms with Crippen molar-refractivity contribution in [2.24, 2.45) is 5.41 Å². The van der Waals surface area contributed by atoms with Gasteiger partial charge in [-0.25, -0.2) is 18.8 Å². The number of methoxy groups -OCH3 is 1. The number of nitrogens with one attached hydrogen (secondary N) is 1. The summed E-state index contributed by atoms with van der Waals surface area (Å²) < 4.78 is 87.5. The number of likely N-dealkylation sites (N-methyl/N-ethyl adjacent to an activating group) is 1. The molecule has 19 heteroatoms. The number of carbonyl (C=O) groups is 3. The third kappa shape index (κ3) is 10.5. The summed E-state index contributed by atoms with van der Waals surface area (Å²) in [4.78, 5) is 34.5. The molecule has 0 unspecified atom stereocenters. The number of alkyl halides is 6. The van der Waals surface area contributed by atoms with Crippen LogP contribution in [0.5, 0.6) is 5.75 Å². The third-order valence-corrected chi connectivity index (χ3v) is 6.55. The first-order chi connectivity index (χ1) is 20.3. The van der Waals surface area contributed by atoms with E-state index in [0.29, 0.717) is 12.1 Å². The molecule has 0 radical (unpaired) electrons. The maximum absolute atomic E-state index is 13.7. The van der Waals surface area contributed by atoms with Crippen LogP contribution in [0, 0.1) is 11.2 Å². The number of nitrogens with zero attached hydrogens (tertiary/aromatic N) is 3. The summed E-state index contributed by atoms with van der Waals surface area (Å²) in [5.74, 6) is -6.91. The molecule has 2 fully saturated rings. The van der Waals surface area contributed by atoms with Crippen LogP contribution in [0.15, 0.2) is 22.7 Å². The van der Waals surface area contributed by atoms with E-state index in [1.165, 1.54) is 25.3 Å². The van der Waals surface area contributed by atoms with Crippen molar-refractivity contribution in [3.8, 4) is 17.1 Å². The van der Waals surface area contributed by atoms with E-state index in [1.54, 1.807) is 0 Å². The van der Waals surface area contributed by atoms with Crippen molar-refractivity contribution in [1.82, 2.24) is 15.0 Å². The fourth-order valence-electron chi connectivity index (χ4n) is 3.93. The van der Waals surface area contributed by atoms with E-state index in [0.717, 1.165) is 45.6 Å². The molecule has 2 heterocycles. The smallest absolute Gasteiger partial charge is 0.490 e. The van der Waals surface area contributed by atoms with Crippen LogP contribution in [-0.4, -0.2) is 114 Å². The molecule has 2 aliphatic rings. The summed E-state index contributed by atoms with van der Waals surface area (Å²) in [6.07, 6.45) is -7.96. The van der Waals surface area contributed by atoms with Crippen LogP contribution in [0.2, 0.25) is 0 Å². The Hall–Kier alpha value is -4.13. The molecule has 1 saturated carbocycles. The zero-order valence-corrected chi connectivity index (χ0v) is 23.3. The fraction of sp³-hybridized carbons (Fsp3) is 0.520. The Morgan fingerprint density at radius 2 is 1.52 bits per heavy atom. The van der Waals surface area contributed by atoms with Crippen molar-refractivity contribution in [3.05, 3.63) is 29.6 Å². The summed E-state index contributed by atoms with van der Waals surface area (Å²) in [6, 6.07) is 4.07. The number of hydrogen-bond donors (Lipinski definition) is 4. The predicted molar refractivity (Wildman–Crippen MR) is 137 cm³/mol. The monoisotopic (exact) mass is 646 g/mol. The number of carboxylic acid groups (broad SMARTS) is 3. The van der Waals surface area contributed by atoms with Gasteiger partial charge in [0.2, 0.25) is 0 Å². The number of halogens is 7. The zero-order chi connectivity index (χ0) is 33.5. The van der Waals surface area contributed by atoms with E-state index in [1.807, 2.05) is 0 Å². The molecule has 4 N–H and O–H groups in total. The lowest BCUT2D eigenvalue weighted by Gasteiger charge is -2.34. The third-order valence-electron chi connectivity index (χ3n) is 6.55. The van der Waals surface area contributed by atoms with Gasteiger partial charge in [0.1, 0.15) is 0 Å². The second-order valence-electron chi connectivity index (χ2n) is 9.93. The summed E-state index contributed by atoms with van der Waals surface area (Å²) in [5, 5.41) is 31.2. The van der Waals surface area contributed by atoms with Gasteiger partial charge >= 0.3 is 30.3 Å². The van der Waals surface area contributed by atoms with Crippen LogP contribution in [-0.2, 0) is 9.59 Å². The molecule has 0 amide bonds. The molecular weight excluding hydrogens is 617 g/mol. The highest BCUT2D eigenvalue weighted by Gasteiger charge is 2.44. The topological polar surface area (TPSA) is 166 Å². The first kappa shape index (κ1) is 36.1. The number of aromatic carboxylic acids is 1. The van der Waals surface area contributed by atoms with Crippen molar-refractivity contribution in [2.45, 2.75) is 25.2 Å². The minimum absolute atomic E-state index is 0.0128. The molecule has 1 aromatic heterocycles. The van der Waals surface area contributed by atoms with Gasteiger partial charge in [0.05, 0.1) is 7.11 Å². The van der Waals surface area contributed by atoms with Crippen molar-refractivity contribution >= 4 is 23.7 Å². The van der Waals surface area contributed by atoms with Gasteiger partial charge in [-0.05, 0) is 38.1 Å². The number of carboxylic acids is 3. The van der Waals surface area contributed by atoms with Crippen LogP contribution in [0.4, 0.5) is 36.6 Å². The van der Waals surface area contributed by atoms with Crippen LogP contribution in [0.1, 0.15) is 23.2 Å². The summed E-state index contributed by atoms with van der Waals surface area (Å²) >= 11 is 0. The molecule has 0 bridgehead atoms. The summed E-state index contributed by atoms with van der Waals surface area (Å²) in [7, 11) is 3.49. The quantitative estimate of drug-likeness (QED) is 0.306. The average molecular weight is 647 g/mol. The second-order valence-corrected chi connectivity index (χ2v) is 9.93. The van der Waals surface area contributed by atoms with Gasteiger partial charge in [0, 0.05) is 50.2 Å². The molecule has 1 saturated heterocycles. The largest absolute Gasteiger partial charge is 0.494 e. The highest BCUT2D eigenvalue weighted by atomic mass is 19.4. The van der Waals surface area contributed by atoms with Gasteiger partial charge in [-0.3, -0.25) is 0 Å². The minimum Gasteiger partial charge on any atom is -0.494 e. The fourth-order valence-corrected chi connectivity index (χ4v) is 3.93. The number of hydrogen-bond acceptors (Lipinski definition) is 9. The van der Waals surface area contributed by atoms with Gasteiger partial charge < -0.3 is 39.7 Å². The normalized spacial score (nSPS) is 16.5. The Balaban J connectivity index is 0.000000402. The molecule has 1 aliphatic heterocycles. The maximum atomic E-state index is 13.7. The lowest BCUT2D eigenvalue weighted by molar-refractivity contribution is -0.193. The predicted octanol–water partition coefficient (Wildman–Crippen LogP) is 3.89. The van der Waals surface area contributed by atoms with E-state index in [-0.39, 0.29) is 28.3 Å². The Morgan fingerprint density at radius 3 is 1.95 bits per heavy atom.